The van der Waals surface area contributed by atoms with Crippen molar-refractivity contribution in [2.24, 2.45) is 0 Å². The molecule has 0 unspecified atom stereocenters. The summed E-state index contributed by atoms with van der Waals surface area (Å²) in [6.07, 6.45) is 0. The molecule has 0 radical (unpaired) electrons. The number of rotatable bonds is 10. The van der Waals surface area contributed by atoms with Gasteiger partial charge < -0.3 is 14.8 Å². The average Bonchev–Trinajstić information content (AvgIpc) is 2.72. The summed E-state index contributed by atoms with van der Waals surface area (Å²) in [6.45, 7) is 6.03. The number of methoxy groups -OCH3 is 1. The molecule has 1 N–H and O–H groups in total. The van der Waals surface area contributed by atoms with E-state index in [1.807, 2.05) is 25.1 Å². The molecule has 8 heteroatoms. The van der Waals surface area contributed by atoms with Crippen molar-refractivity contribution in [2.45, 2.75) is 32.2 Å². The number of carbonyl (C=O) groups excluding carboxylic acids is 1. The van der Waals surface area contributed by atoms with Gasteiger partial charge in [0.1, 0.15) is 11.5 Å². The van der Waals surface area contributed by atoms with Gasteiger partial charge in [-0.15, -0.1) is 0 Å². The topological polar surface area (TPSA) is 84.9 Å². The van der Waals surface area contributed by atoms with Gasteiger partial charge in [0.15, 0.2) is 0 Å². The molecular weight excluding hydrogens is 392 g/mol. The van der Waals surface area contributed by atoms with E-state index in [0.29, 0.717) is 18.1 Å². The van der Waals surface area contributed by atoms with Crippen LogP contribution in [0.2, 0.25) is 0 Å². The van der Waals surface area contributed by atoms with E-state index >= 15 is 0 Å². The van der Waals surface area contributed by atoms with Gasteiger partial charge in [-0.2, -0.15) is 4.31 Å². The van der Waals surface area contributed by atoms with E-state index in [0.717, 1.165) is 15.4 Å². The molecule has 0 atom stereocenters. The molecule has 0 saturated heterocycles. The fourth-order valence-electron chi connectivity index (χ4n) is 2.87. The predicted octanol–water partition coefficient (Wildman–Crippen LogP) is 2.73. The fourth-order valence-corrected chi connectivity index (χ4v) is 4.37. The maximum absolute atomic E-state index is 13.0. The number of sulfonamides is 1. The Morgan fingerprint density at radius 2 is 1.83 bits per heavy atom. The molecule has 0 heterocycles. The zero-order valence-corrected chi connectivity index (χ0v) is 18.1. The number of aryl methyl sites for hydroxylation is 1. The maximum atomic E-state index is 13.0. The van der Waals surface area contributed by atoms with Crippen molar-refractivity contribution in [3.8, 4) is 11.5 Å². The number of amides is 1. The van der Waals surface area contributed by atoms with Gasteiger partial charge in [0.25, 0.3) is 0 Å². The van der Waals surface area contributed by atoms with Crippen LogP contribution in [0.5, 0.6) is 11.5 Å². The maximum Gasteiger partial charge on any atom is 0.243 e. The number of benzene rings is 2. The molecule has 1 amide bonds. The highest BCUT2D eigenvalue weighted by atomic mass is 32.2. The smallest absolute Gasteiger partial charge is 0.243 e. The van der Waals surface area contributed by atoms with Gasteiger partial charge in [-0.1, -0.05) is 25.1 Å². The Labute approximate surface area is 172 Å². The molecule has 29 heavy (non-hydrogen) atoms. The van der Waals surface area contributed by atoms with Crippen molar-refractivity contribution >= 4 is 15.9 Å². The number of hydrogen-bond acceptors (Lipinski definition) is 5. The van der Waals surface area contributed by atoms with Gasteiger partial charge in [-0.3, -0.25) is 4.79 Å². The summed E-state index contributed by atoms with van der Waals surface area (Å²) in [5, 5.41) is 2.75. The average molecular weight is 421 g/mol. The summed E-state index contributed by atoms with van der Waals surface area (Å²) in [6, 6.07) is 12.0. The third-order valence-corrected chi connectivity index (χ3v) is 6.34. The molecule has 7 nitrogen and oxygen atoms in total. The monoisotopic (exact) mass is 420 g/mol. The molecule has 0 aromatic heterocycles. The third kappa shape index (κ3) is 5.71. The van der Waals surface area contributed by atoms with E-state index in [1.54, 1.807) is 39.2 Å². The Kier molecular flexibility index (Phi) is 8.04. The third-order valence-electron chi connectivity index (χ3n) is 4.43. The number of ether oxygens (including phenoxy) is 2. The van der Waals surface area contributed by atoms with Gasteiger partial charge in [0, 0.05) is 18.7 Å². The molecule has 0 spiro atoms. The minimum atomic E-state index is -3.80. The van der Waals surface area contributed by atoms with Crippen molar-refractivity contribution in [3.05, 3.63) is 53.6 Å². The van der Waals surface area contributed by atoms with Crippen molar-refractivity contribution in [2.75, 3.05) is 26.8 Å². The summed E-state index contributed by atoms with van der Waals surface area (Å²) in [4.78, 5) is 12.5. The van der Waals surface area contributed by atoms with Crippen LogP contribution in [0.15, 0.2) is 47.4 Å². The van der Waals surface area contributed by atoms with Crippen LogP contribution in [0.3, 0.4) is 0 Å². The first-order valence-electron chi connectivity index (χ1n) is 9.45. The molecular formula is C21H28N2O5S. The first-order valence-corrected chi connectivity index (χ1v) is 10.9. The van der Waals surface area contributed by atoms with Gasteiger partial charge in [0.2, 0.25) is 15.9 Å². The van der Waals surface area contributed by atoms with Crippen LogP contribution in [0.25, 0.3) is 0 Å². The zero-order valence-electron chi connectivity index (χ0n) is 17.3. The highest BCUT2D eigenvalue weighted by Crippen LogP contribution is 2.24. The zero-order chi connectivity index (χ0) is 21.4. The Morgan fingerprint density at radius 3 is 2.45 bits per heavy atom. The number of likely N-dealkylation sites (N-methyl/N-ethyl adjacent to an activating group) is 1. The van der Waals surface area contributed by atoms with Crippen LogP contribution in [-0.4, -0.2) is 45.4 Å². The minimum absolute atomic E-state index is 0.137. The van der Waals surface area contributed by atoms with Gasteiger partial charge >= 0.3 is 0 Å². The van der Waals surface area contributed by atoms with Crippen molar-refractivity contribution in [1.29, 1.82) is 0 Å². The molecule has 0 aliphatic heterocycles. The van der Waals surface area contributed by atoms with Gasteiger partial charge in [-0.05, 0) is 43.7 Å². The lowest BCUT2D eigenvalue weighted by Crippen LogP contribution is -2.40. The van der Waals surface area contributed by atoms with Gasteiger partial charge in [0.05, 0.1) is 25.2 Å². The van der Waals surface area contributed by atoms with Crippen molar-refractivity contribution in [3.63, 3.8) is 0 Å². The quantitative estimate of drug-likeness (QED) is 0.639. The van der Waals surface area contributed by atoms with Crippen LogP contribution in [-0.2, 0) is 21.4 Å². The molecule has 158 valence electrons. The molecule has 0 fully saturated rings. The summed E-state index contributed by atoms with van der Waals surface area (Å²) >= 11 is 0. The summed E-state index contributed by atoms with van der Waals surface area (Å²) in [5.41, 5.74) is 1.54. The van der Waals surface area contributed by atoms with Crippen LogP contribution < -0.4 is 14.8 Å². The van der Waals surface area contributed by atoms with E-state index in [4.69, 9.17) is 9.47 Å². The highest BCUT2D eigenvalue weighted by Gasteiger charge is 2.26. The number of hydrogen-bond donors (Lipinski definition) is 1. The molecule has 2 aromatic carbocycles. The van der Waals surface area contributed by atoms with E-state index in [9.17, 15) is 13.2 Å². The van der Waals surface area contributed by atoms with Crippen molar-refractivity contribution in [1.82, 2.24) is 9.62 Å². The lowest BCUT2D eigenvalue weighted by atomic mass is 10.2. The van der Waals surface area contributed by atoms with Crippen LogP contribution in [0.1, 0.15) is 25.0 Å². The first kappa shape index (κ1) is 22.7. The van der Waals surface area contributed by atoms with Crippen LogP contribution in [0, 0.1) is 6.92 Å². The van der Waals surface area contributed by atoms with Crippen molar-refractivity contribution < 1.29 is 22.7 Å². The lowest BCUT2D eigenvalue weighted by molar-refractivity contribution is -0.121. The second-order valence-corrected chi connectivity index (χ2v) is 8.32. The second-order valence-electron chi connectivity index (χ2n) is 6.38. The van der Waals surface area contributed by atoms with E-state index in [1.165, 1.54) is 6.07 Å². The Bertz CT molecular complexity index is 944. The number of carbonyl (C=O) groups is 1. The normalized spacial score (nSPS) is 11.3. The van der Waals surface area contributed by atoms with E-state index in [2.05, 4.69) is 5.32 Å². The Balaban J connectivity index is 2.09. The summed E-state index contributed by atoms with van der Waals surface area (Å²) in [7, 11) is -2.24. The Morgan fingerprint density at radius 1 is 1.10 bits per heavy atom. The molecule has 0 bridgehead atoms. The van der Waals surface area contributed by atoms with Crippen LogP contribution >= 0.6 is 0 Å². The molecule has 0 aliphatic carbocycles. The summed E-state index contributed by atoms with van der Waals surface area (Å²) in [5.74, 6) is 0.922. The van der Waals surface area contributed by atoms with Gasteiger partial charge in [-0.25, -0.2) is 8.42 Å². The Hall–Kier alpha value is -2.58. The number of para-hydroxylation sites is 1. The van der Waals surface area contributed by atoms with Crippen LogP contribution in [0.4, 0.5) is 0 Å². The molecule has 2 rings (SSSR count). The predicted molar refractivity (Wildman–Crippen MR) is 112 cm³/mol. The summed E-state index contributed by atoms with van der Waals surface area (Å²) < 4.78 is 37.8. The lowest BCUT2D eigenvalue weighted by Gasteiger charge is -2.21. The standard InChI is InChI=1S/C21H28N2O5S/c1-5-23(15-21(24)22-14-17-9-7-8-10-20(17)27-4)29(25,26)18-11-12-19(28-6-2)16(3)13-18/h7-13H,5-6,14-15H2,1-4H3,(H,22,24). The SMILES string of the molecule is CCOc1ccc(S(=O)(=O)N(CC)CC(=O)NCc2ccccc2OC)cc1C. The number of nitrogens with zero attached hydrogens (tertiary/aromatic N) is 1. The molecule has 0 aliphatic rings. The van der Waals surface area contributed by atoms with E-state index < -0.39 is 10.0 Å². The van der Waals surface area contributed by atoms with E-state index in [-0.39, 0.29) is 30.4 Å². The molecule has 2 aromatic rings. The fraction of sp³-hybridized carbons (Fsp3) is 0.381. The highest BCUT2D eigenvalue weighted by molar-refractivity contribution is 7.89. The first-order chi connectivity index (χ1) is 13.8. The molecule has 0 saturated carbocycles. The number of nitrogens with one attached hydrogen (secondary N) is 1. The second kappa shape index (κ2) is 10.3. The minimum Gasteiger partial charge on any atom is -0.496 e. The largest absolute Gasteiger partial charge is 0.496 e.